The summed E-state index contributed by atoms with van der Waals surface area (Å²) >= 11 is 12.2. The van der Waals surface area contributed by atoms with E-state index in [9.17, 15) is 4.79 Å². The average molecular weight is 418 g/mol. The molecule has 0 atom stereocenters. The van der Waals surface area contributed by atoms with Gasteiger partial charge in [-0.1, -0.05) is 44.0 Å². The predicted octanol–water partition coefficient (Wildman–Crippen LogP) is 4.75. The molecule has 2 aromatic heterocycles. The Bertz CT molecular complexity index is 1120. The third-order valence-corrected chi connectivity index (χ3v) is 5.44. The van der Waals surface area contributed by atoms with Gasteiger partial charge in [-0.2, -0.15) is 0 Å². The quantitative estimate of drug-likeness (QED) is 0.602. The smallest absolute Gasteiger partial charge is 0.197 e. The summed E-state index contributed by atoms with van der Waals surface area (Å²) in [6.07, 6.45) is 4.24. The van der Waals surface area contributed by atoms with Crippen LogP contribution in [0.5, 0.6) is 0 Å². The molecule has 1 aliphatic rings. The highest BCUT2D eigenvalue weighted by atomic mass is 35.5. The van der Waals surface area contributed by atoms with Gasteiger partial charge in [-0.05, 0) is 12.1 Å². The van der Waals surface area contributed by atoms with E-state index in [1.54, 1.807) is 12.1 Å². The van der Waals surface area contributed by atoms with Crippen molar-refractivity contribution in [2.75, 3.05) is 6.54 Å². The highest BCUT2D eigenvalue weighted by molar-refractivity contribution is 6.38. The molecule has 0 radical (unpaired) electrons. The van der Waals surface area contributed by atoms with Crippen molar-refractivity contribution in [3.05, 3.63) is 67.5 Å². The number of hydrogen-bond donors (Lipinski definition) is 0. The van der Waals surface area contributed by atoms with Crippen LogP contribution in [0.1, 0.15) is 43.4 Å². The molecule has 0 saturated carbocycles. The molecule has 0 aliphatic carbocycles. The molecule has 7 heteroatoms. The van der Waals surface area contributed by atoms with Gasteiger partial charge in [0.1, 0.15) is 5.82 Å². The molecule has 0 spiro atoms. The van der Waals surface area contributed by atoms with Crippen LogP contribution in [0.25, 0.3) is 11.0 Å². The second-order valence-electron chi connectivity index (χ2n) is 8.23. The van der Waals surface area contributed by atoms with Crippen molar-refractivity contribution in [2.45, 2.75) is 45.7 Å². The van der Waals surface area contributed by atoms with Gasteiger partial charge in [-0.15, -0.1) is 0 Å². The lowest BCUT2D eigenvalue weighted by Gasteiger charge is -2.28. The summed E-state index contributed by atoms with van der Waals surface area (Å²) in [4.78, 5) is 24.4. The van der Waals surface area contributed by atoms with Crippen LogP contribution in [0.4, 0.5) is 0 Å². The van der Waals surface area contributed by atoms with Gasteiger partial charge in [-0.3, -0.25) is 9.69 Å². The van der Waals surface area contributed by atoms with Crippen molar-refractivity contribution < 1.29 is 4.42 Å². The lowest BCUT2D eigenvalue weighted by atomic mass is 9.95. The fraction of sp³-hybridized carbons (Fsp3) is 0.381. The summed E-state index contributed by atoms with van der Waals surface area (Å²) in [6, 6.07) is 3.17. The summed E-state index contributed by atoms with van der Waals surface area (Å²) in [5.74, 6) is 0.864. The van der Waals surface area contributed by atoms with Crippen molar-refractivity contribution in [3.8, 4) is 0 Å². The summed E-state index contributed by atoms with van der Waals surface area (Å²) in [7, 11) is 0. The third-order valence-electron chi connectivity index (χ3n) is 4.94. The van der Waals surface area contributed by atoms with Crippen molar-refractivity contribution in [1.29, 1.82) is 0 Å². The first-order valence-corrected chi connectivity index (χ1v) is 9.95. The molecule has 0 N–H and O–H groups in total. The number of halogens is 2. The molecule has 3 aromatic rings. The monoisotopic (exact) mass is 417 g/mol. The zero-order chi connectivity index (χ0) is 20.1. The zero-order valence-electron chi connectivity index (χ0n) is 16.1. The Labute approximate surface area is 173 Å². The number of benzene rings is 1. The Morgan fingerprint density at radius 1 is 1.25 bits per heavy atom. The maximum absolute atomic E-state index is 12.9. The Morgan fingerprint density at radius 2 is 2.04 bits per heavy atom. The van der Waals surface area contributed by atoms with Gasteiger partial charge in [0, 0.05) is 59.5 Å². The average Bonchev–Trinajstić information content (AvgIpc) is 2.63. The molecule has 0 fully saturated rings. The minimum atomic E-state index is -0.101. The zero-order valence-corrected chi connectivity index (χ0v) is 17.6. The molecule has 1 aromatic carbocycles. The van der Waals surface area contributed by atoms with Gasteiger partial charge < -0.3 is 4.42 Å². The first-order chi connectivity index (χ1) is 13.2. The lowest BCUT2D eigenvalue weighted by molar-refractivity contribution is 0.240. The summed E-state index contributed by atoms with van der Waals surface area (Å²) in [5.41, 5.74) is 2.98. The van der Waals surface area contributed by atoms with Gasteiger partial charge in [0.2, 0.25) is 0 Å². The van der Waals surface area contributed by atoms with E-state index in [0.29, 0.717) is 39.7 Å². The molecule has 0 amide bonds. The highest BCUT2D eigenvalue weighted by Crippen LogP contribution is 2.27. The minimum Gasteiger partial charge on any atom is -0.462 e. The van der Waals surface area contributed by atoms with Gasteiger partial charge in [0.25, 0.3) is 0 Å². The molecule has 146 valence electrons. The number of nitrogens with zero attached hydrogens (tertiary/aromatic N) is 3. The predicted molar refractivity (Wildman–Crippen MR) is 111 cm³/mol. The minimum absolute atomic E-state index is 0.0707. The van der Waals surface area contributed by atoms with Gasteiger partial charge in [0.15, 0.2) is 11.0 Å². The first-order valence-electron chi connectivity index (χ1n) is 9.19. The normalized spacial score (nSPS) is 15.0. The molecule has 3 heterocycles. The van der Waals surface area contributed by atoms with Crippen molar-refractivity contribution in [2.24, 2.45) is 0 Å². The van der Waals surface area contributed by atoms with Crippen LogP contribution in [0.15, 0.2) is 33.8 Å². The maximum atomic E-state index is 12.9. The van der Waals surface area contributed by atoms with E-state index in [-0.39, 0.29) is 10.8 Å². The van der Waals surface area contributed by atoms with Crippen LogP contribution in [-0.2, 0) is 24.9 Å². The molecular weight excluding hydrogens is 397 g/mol. The van der Waals surface area contributed by atoms with Crippen LogP contribution >= 0.6 is 23.2 Å². The second-order valence-corrected chi connectivity index (χ2v) is 9.07. The van der Waals surface area contributed by atoms with Crippen LogP contribution in [-0.4, -0.2) is 21.4 Å². The summed E-state index contributed by atoms with van der Waals surface area (Å²) in [6.45, 7) is 8.35. The largest absolute Gasteiger partial charge is 0.462 e. The SMILES string of the molecule is CC(C)(C)c1ncc2c(n1)CCN(Cc1coc3c(Cl)cc(Cl)cc3c1=O)C2. The van der Waals surface area contributed by atoms with Crippen molar-refractivity contribution in [3.63, 3.8) is 0 Å². The Hall–Kier alpha value is -1.95. The molecular formula is C21H21Cl2N3O2. The second kappa shape index (κ2) is 7.14. The fourth-order valence-corrected chi connectivity index (χ4v) is 3.96. The summed E-state index contributed by atoms with van der Waals surface area (Å²) in [5, 5.41) is 1.16. The number of aromatic nitrogens is 2. The van der Waals surface area contributed by atoms with E-state index < -0.39 is 0 Å². The number of fused-ring (bicyclic) bond motifs is 2. The van der Waals surface area contributed by atoms with Crippen molar-refractivity contribution in [1.82, 2.24) is 14.9 Å². The maximum Gasteiger partial charge on any atom is 0.197 e. The van der Waals surface area contributed by atoms with Crippen LogP contribution in [0.2, 0.25) is 10.0 Å². The molecule has 5 nitrogen and oxygen atoms in total. The van der Waals surface area contributed by atoms with Crippen molar-refractivity contribution >= 4 is 34.2 Å². The molecule has 4 rings (SSSR count). The van der Waals surface area contributed by atoms with Gasteiger partial charge >= 0.3 is 0 Å². The Kier molecular flexibility index (Phi) is 4.94. The Balaban J connectivity index is 1.60. The standard InChI is InChI=1S/C21H21Cl2N3O2/c1-21(2,3)20-24-8-12-9-26(5-4-17(12)25-20)10-13-11-28-19-15(18(13)27)6-14(22)7-16(19)23/h6-8,11H,4-5,9-10H2,1-3H3. The van der Waals surface area contributed by atoms with Gasteiger partial charge in [0.05, 0.1) is 16.7 Å². The van der Waals surface area contributed by atoms with Crippen LogP contribution < -0.4 is 5.43 Å². The topological polar surface area (TPSA) is 59.2 Å². The molecule has 0 unspecified atom stereocenters. The molecule has 0 bridgehead atoms. The number of hydrogen-bond acceptors (Lipinski definition) is 5. The number of rotatable bonds is 2. The van der Waals surface area contributed by atoms with Crippen LogP contribution in [0.3, 0.4) is 0 Å². The molecule has 1 aliphatic heterocycles. The van der Waals surface area contributed by atoms with E-state index in [0.717, 1.165) is 30.0 Å². The fourth-order valence-electron chi connectivity index (χ4n) is 3.43. The van der Waals surface area contributed by atoms with E-state index >= 15 is 0 Å². The van der Waals surface area contributed by atoms with E-state index in [1.165, 1.54) is 6.26 Å². The lowest BCUT2D eigenvalue weighted by Crippen LogP contribution is -2.33. The molecule has 28 heavy (non-hydrogen) atoms. The van der Waals surface area contributed by atoms with Gasteiger partial charge in [-0.25, -0.2) is 9.97 Å². The summed E-state index contributed by atoms with van der Waals surface area (Å²) < 4.78 is 5.63. The van der Waals surface area contributed by atoms with E-state index in [1.807, 2.05) is 6.20 Å². The molecule has 0 saturated heterocycles. The third kappa shape index (κ3) is 3.66. The Morgan fingerprint density at radius 3 is 2.79 bits per heavy atom. The van der Waals surface area contributed by atoms with Crippen LogP contribution in [0, 0.1) is 0 Å². The van der Waals surface area contributed by atoms with E-state index in [4.69, 9.17) is 32.6 Å². The highest BCUT2D eigenvalue weighted by Gasteiger charge is 2.23. The first kappa shape index (κ1) is 19.4. The van der Waals surface area contributed by atoms with E-state index in [2.05, 4.69) is 30.7 Å².